The molecule has 5 nitrogen and oxygen atoms in total. The normalized spacial score (nSPS) is 17.7. The number of nitrogens with zero attached hydrogens (tertiary/aromatic N) is 1. The van der Waals surface area contributed by atoms with E-state index in [0.29, 0.717) is 28.6 Å². The number of Topliss-reactive ketones (excluding diaryl/α,β-unsaturated/α-hetero) is 1. The molecule has 1 aliphatic rings. The van der Waals surface area contributed by atoms with Gasteiger partial charge in [-0.3, -0.25) is 14.5 Å². The molecule has 2 aromatic carbocycles. The Kier molecular flexibility index (Phi) is 6.35. The number of ether oxygens (including phenoxy) is 1. The number of benzene rings is 2. The molecule has 1 unspecified atom stereocenters. The van der Waals surface area contributed by atoms with Crippen LogP contribution < -0.4 is 9.64 Å². The molecule has 2 heterocycles. The summed E-state index contributed by atoms with van der Waals surface area (Å²) in [6, 6.07) is 15.0. The van der Waals surface area contributed by atoms with Crippen molar-refractivity contribution in [2.75, 3.05) is 11.5 Å². The molecule has 0 bridgehead atoms. The number of carbonyl (C=O) groups is 2. The Morgan fingerprint density at radius 2 is 1.91 bits per heavy atom. The fraction of sp³-hybridized carbons (Fsp3) is 0.200. The van der Waals surface area contributed by atoms with Crippen molar-refractivity contribution in [1.82, 2.24) is 0 Å². The van der Waals surface area contributed by atoms with Gasteiger partial charge in [-0.05, 0) is 66.8 Å². The molecule has 4 rings (SSSR count). The highest BCUT2D eigenvalue weighted by Crippen LogP contribution is 2.44. The van der Waals surface area contributed by atoms with Crippen LogP contribution in [0.15, 0.2) is 65.6 Å². The first-order valence-corrected chi connectivity index (χ1v) is 11.5. The molecule has 1 saturated heterocycles. The molecule has 1 fully saturated rings. The third-order valence-electron chi connectivity index (χ3n) is 5.29. The maximum absolute atomic E-state index is 13.1. The molecule has 0 radical (unpaired) electrons. The van der Waals surface area contributed by atoms with Crippen LogP contribution in [0.3, 0.4) is 0 Å². The SMILES string of the molecule is CCCOc1ccc(/C(O)=C2/C(=O)C(=O)N(c3ccc(C)c(Cl)c3)C2c2cccs2)cc1. The van der Waals surface area contributed by atoms with E-state index < -0.39 is 17.7 Å². The van der Waals surface area contributed by atoms with Gasteiger partial charge in [-0.25, -0.2) is 0 Å². The highest BCUT2D eigenvalue weighted by atomic mass is 35.5. The van der Waals surface area contributed by atoms with E-state index in [-0.39, 0.29) is 11.3 Å². The van der Waals surface area contributed by atoms with Crippen LogP contribution in [0, 0.1) is 6.92 Å². The molecule has 1 N–H and O–H groups in total. The first kappa shape index (κ1) is 22.1. The molecule has 0 saturated carbocycles. The van der Waals surface area contributed by atoms with Gasteiger partial charge >= 0.3 is 0 Å². The summed E-state index contributed by atoms with van der Waals surface area (Å²) in [5.41, 5.74) is 1.86. The van der Waals surface area contributed by atoms with Crippen LogP contribution >= 0.6 is 22.9 Å². The second kappa shape index (κ2) is 9.18. The molecule has 164 valence electrons. The monoisotopic (exact) mass is 467 g/mol. The van der Waals surface area contributed by atoms with Gasteiger partial charge in [0.2, 0.25) is 0 Å². The van der Waals surface area contributed by atoms with E-state index in [9.17, 15) is 14.7 Å². The second-order valence-electron chi connectivity index (χ2n) is 7.49. The number of rotatable bonds is 6. The summed E-state index contributed by atoms with van der Waals surface area (Å²) < 4.78 is 5.59. The average molecular weight is 468 g/mol. The summed E-state index contributed by atoms with van der Waals surface area (Å²) in [4.78, 5) is 28.4. The molecule has 1 aliphatic heterocycles. The first-order chi connectivity index (χ1) is 15.4. The quantitative estimate of drug-likeness (QED) is 0.269. The van der Waals surface area contributed by atoms with Crippen LogP contribution in [0.4, 0.5) is 5.69 Å². The highest BCUT2D eigenvalue weighted by molar-refractivity contribution is 7.10. The Morgan fingerprint density at radius 1 is 1.16 bits per heavy atom. The van der Waals surface area contributed by atoms with Crippen molar-refractivity contribution < 1.29 is 19.4 Å². The lowest BCUT2D eigenvalue weighted by Crippen LogP contribution is -2.29. The third-order valence-corrected chi connectivity index (χ3v) is 6.62. The van der Waals surface area contributed by atoms with Crippen LogP contribution in [0.25, 0.3) is 5.76 Å². The van der Waals surface area contributed by atoms with Crippen molar-refractivity contribution in [3.63, 3.8) is 0 Å². The fourth-order valence-corrected chi connectivity index (χ4v) is 4.63. The number of aliphatic hydroxyl groups excluding tert-OH is 1. The van der Waals surface area contributed by atoms with Gasteiger partial charge in [-0.2, -0.15) is 0 Å². The van der Waals surface area contributed by atoms with Crippen molar-refractivity contribution in [2.45, 2.75) is 26.3 Å². The van der Waals surface area contributed by atoms with E-state index in [1.807, 2.05) is 31.4 Å². The van der Waals surface area contributed by atoms with Crippen LogP contribution in [0.1, 0.15) is 35.4 Å². The maximum Gasteiger partial charge on any atom is 0.300 e. The lowest BCUT2D eigenvalue weighted by molar-refractivity contribution is -0.132. The van der Waals surface area contributed by atoms with Gasteiger partial charge in [0.25, 0.3) is 11.7 Å². The number of aliphatic hydroxyl groups is 1. The summed E-state index contributed by atoms with van der Waals surface area (Å²) in [7, 11) is 0. The van der Waals surface area contributed by atoms with Crippen LogP contribution in [0.5, 0.6) is 5.75 Å². The Balaban J connectivity index is 1.82. The van der Waals surface area contributed by atoms with E-state index in [1.165, 1.54) is 16.2 Å². The highest BCUT2D eigenvalue weighted by Gasteiger charge is 2.47. The van der Waals surface area contributed by atoms with Crippen molar-refractivity contribution in [2.24, 2.45) is 0 Å². The van der Waals surface area contributed by atoms with E-state index in [0.717, 1.165) is 16.9 Å². The number of amides is 1. The summed E-state index contributed by atoms with van der Waals surface area (Å²) in [6.45, 7) is 4.48. The third kappa shape index (κ3) is 4.04. The Labute approximate surface area is 195 Å². The minimum atomic E-state index is -0.746. The number of halogens is 1. The van der Waals surface area contributed by atoms with Gasteiger partial charge in [-0.15, -0.1) is 11.3 Å². The molecule has 0 spiro atoms. The van der Waals surface area contributed by atoms with Gasteiger partial charge in [-0.1, -0.05) is 30.7 Å². The van der Waals surface area contributed by atoms with E-state index in [2.05, 4.69) is 0 Å². The minimum absolute atomic E-state index is 0.0522. The summed E-state index contributed by atoms with van der Waals surface area (Å²) in [5.74, 6) is -0.978. The zero-order chi connectivity index (χ0) is 22.8. The predicted octanol–water partition coefficient (Wildman–Crippen LogP) is 6.13. The average Bonchev–Trinajstić information content (AvgIpc) is 3.41. The molecule has 3 aromatic rings. The molecule has 1 amide bonds. The first-order valence-electron chi connectivity index (χ1n) is 10.3. The van der Waals surface area contributed by atoms with E-state index in [1.54, 1.807) is 42.5 Å². The molecule has 32 heavy (non-hydrogen) atoms. The standard InChI is InChI=1S/C25H22ClNO4S/c1-3-12-31-18-10-7-16(8-11-18)23(28)21-22(20-5-4-13-32-20)27(25(30)24(21)29)17-9-6-15(2)19(26)14-17/h4-11,13-14,22,28H,3,12H2,1-2H3/b23-21-. The van der Waals surface area contributed by atoms with Gasteiger partial charge in [0.15, 0.2) is 0 Å². The molecular formula is C25H22ClNO4S. The maximum atomic E-state index is 13.1. The van der Waals surface area contributed by atoms with Gasteiger partial charge in [0, 0.05) is 21.2 Å². The number of thiophene rings is 1. The number of aryl methyl sites for hydroxylation is 1. The molecule has 1 atom stereocenters. The van der Waals surface area contributed by atoms with Crippen LogP contribution in [-0.4, -0.2) is 23.4 Å². The van der Waals surface area contributed by atoms with Gasteiger partial charge in [0.05, 0.1) is 12.2 Å². The summed E-state index contributed by atoms with van der Waals surface area (Å²) >= 11 is 7.71. The molecular weight excluding hydrogens is 446 g/mol. The minimum Gasteiger partial charge on any atom is -0.507 e. The van der Waals surface area contributed by atoms with Crippen molar-refractivity contribution in [3.8, 4) is 5.75 Å². The van der Waals surface area contributed by atoms with Crippen LogP contribution in [0.2, 0.25) is 5.02 Å². The lowest BCUT2D eigenvalue weighted by Gasteiger charge is -2.24. The summed E-state index contributed by atoms with van der Waals surface area (Å²) in [5, 5.41) is 13.5. The van der Waals surface area contributed by atoms with E-state index >= 15 is 0 Å². The molecule has 7 heteroatoms. The van der Waals surface area contributed by atoms with Crippen molar-refractivity contribution >= 4 is 46.1 Å². The van der Waals surface area contributed by atoms with Gasteiger partial charge < -0.3 is 9.84 Å². The topological polar surface area (TPSA) is 66.8 Å². The molecule has 0 aliphatic carbocycles. The number of anilines is 1. The largest absolute Gasteiger partial charge is 0.507 e. The Bertz CT molecular complexity index is 1190. The van der Waals surface area contributed by atoms with E-state index in [4.69, 9.17) is 16.3 Å². The zero-order valence-electron chi connectivity index (χ0n) is 17.7. The zero-order valence-corrected chi connectivity index (χ0v) is 19.2. The second-order valence-corrected chi connectivity index (χ2v) is 8.88. The Morgan fingerprint density at radius 3 is 2.53 bits per heavy atom. The van der Waals surface area contributed by atoms with Gasteiger partial charge in [0.1, 0.15) is 17.6 Å². The lowest BCUT2D eigenvalue weighted by atomic mass is 9.99. The summed E-state index contributed by atoms with van der Waals surface area (Å²) in [6.07, 6.45) is 0.884. The Hall–Kier alpha value is -3.09. The number of hydrogen-bond donors (Lipinski definition) is 1. The van der Waals surface area contributed by atoms with Crippen LogP contribution in [-0.2, 0) is 9.59 Å². The van der Waals surface area contributed by atoms with Crippen molar-refractivity contribution in [3.05, 3.63) is 86.6 Å². The van der Waals surface area contributed by atoms with Crippen molar-refractivity contribution in [1.29, 1.82) is 0 Å². The number of carbonyl (C=O) groups excluding carboxylic acids is 2. The smallest absolute Gasteiger partial charge is 0.300 e. The number of hydrogen-bond acceptors (Lipinski definition) is 5. The number of ketones is 1. The fourth-order valence-electron chi connectivity index (χ4n) is 3.63. The predicted molar refractivity (Wildman–Crippen MR) is 128 cm³/mol. The molecule has 1 aromatic heterocycles.